The molecule has 37 heavy (non-hydrogen) atoms. The molecule has 0 amide bonds. The molecule has 1 aromatic carbocycles. The van der Waals surface area contributed by atoms with E-state index in [0.29, 0.717) is 11.5 Å². The molecule has 4 nitrogen and oxygen atoms in total. The molecule has 0 radical (unpaired) electrons. The standard InChI is InChI=1S/C24H25N2O2S2.F6P/c1-6-28-24(27)20-12-11-19(29-20)23-17-9-7-15(25(2)3)13-21(17)30-22-14-16(26(4)5)8-10-18(22)23;1-7(2,3,4,5)6/h7-14H,6H2,1-5H3;/q+1;-1. The quantitative estimate of drug-likeness (QED) is 0.0797. The van der Waals surface area contributed by atoms with Crippen LogP contribution < -0.4 is 14.8 Å². The van der Waals surface area contributed by atoms with Gasteiger partial charge in [-0.3, -0.25) is 0 Å². The molecular weight excluding hydrogens is 557 g/mol. The first-order valence-corrected chi connectivity index (χ1v) is 14.5. The predicted molar refractivity (Wildman–Crippen MR) is 143 cm³/mol. The van der Waals surface area contributed by atoms with Gasteiger partial charge in [-0.15, -0.1) is 22.7 Å². The van der Waals surface area contributed by atoms with Crippen molar-refractivity contribution in [3.63, 3.8) is 0 Å². The van der Waals surface area contributed by atoms with Gasteiger partial charge in [0.2, 0.25) is 5.36 Å². The molecule has 0 bridgehead atoms. The zero-order valence-corrected chi connectivity index (χ0v) is 23.1. The van der Waals surface area contributed by atoms with Crippen molar-refractivity contribution in [2.75, 3.05) is 39.7 Å². The van der Waals surface area contributed by atoms with Crippen LogP contribution in [-0.4, -0.2) is 40.8 Å². The van der Waals surface area contributed by atoms with E-state index in [2.05, 4.69) is 74.1 Å². The van der Waals surface area contributed by atoms with E-state index in [9.17, 15) is 30.0 Å². The van der Waals surface area contributed by atoms with Gasteiger partial charge in [-0.05, 0) is 37.3 Å². The number of rotatable bonds is 4. The Hall–Kier alpha value is -2.69. The minimum atomic E-state index is -10.7. The average molecular weight is 583 g/mol. The summed E-state index contributed by atoms with van der Waals surface area (Å²) in [5, 5.41) is 2.37. The number of hydrogen-bond donors (Lipinski definition) is 0. The SMILES string of the molecule is CCOC(=O)c1ccc(-c2c3ccc(=[N+](C)C)cc-3sc3cc(N(C)C)ccc23)s1.F[P-](F)(F)(F)(F)F. The second-order valence-corrected chi connectivity index (χ2v) is 12.6. The Kier molecular flexibility index (Phi) is 7.46. The first-order chi connectivity index (χ1) is 16.8. The molecule has 1 aliphatic carbocycles. The Morgan fingerprint density at radius 2 is 1.57 bits per heavy atom. The summed E-state index contributed by atoms with van der Waals surface area (Å²) in [5.41, 5.74) is 3.55. The van der Waals surface area contributed by atoms with Crippen LogP contribution in [0.3, 0.4) is 0 Å². The van der Waals surface area contributed by atoms with Crippen LogP contribution in [0, 0.1) is 0 Å². The third kappa shape index (κ3) is 8.15. The molecule has 0 N–H and O–H groups in total. The van der Waals surface area contributed by atoms with Crippen LogP contribution >= 0.6 is 30.5 Å². The number of anilines is 1. The molecule has 202 valence electrons. The van der Waals surface area contributed by atoms with Crippen LogP contribution in [0.4, 0.5) is 30.9 Å². The second-order valence-electron chi connectivity index (χ2n) is 8.47. The number of benzene rings is 2. The fraction of sp³-hybridized carbons (Fsp3) is 0.250. The van der Waals surface area contributed by atoms with Gasteiger partial charge in [-0.2, -0.15) is 0 Å². The van der Waals surface area contributed by atoms with Crippen LogP contribution in [0.15, 0.2) is 48.5 Å². The van der Waals surface area contributed by atoms with E-state index in [4.69, 9.17) is 4.74 Å². The Morgan fingerprint density at radius 1 is 0.919 bits per heavy atom. The van der Waals surface area contributed by atoms with Crippen molar-refractivity contribution in [1.29, 1.82) is 0 Å². The van der Waals surface area contributed by atoms with Crippen LogP contribution in [0.5, 0.6) is 0 Å². The minimum absolute atomic E-state index is 0.258. The van der Waals surface area contributed by atoms with Crippen LogP contribution in [0.2, 0.25) is 0 Å². The Labute approximate surface area is 217 Å². The van der Waals surface area contributed by atoms with Gasteiger partial charge in [0.25, 0.3) is 0 Å². The fourth-order valence-electron chi connectivity index (χ4n) is 3.47. The van der Waals surface area contributed by atoms with Gasteiger partial charge in [-0.25, -0.2) is 9.37 Å². The number of carbonyl (C=O) groups excluding carboxylic acids is 1. The van der Waals surface area contributed by atoms with E-state index < -0.39 is 7.81 Å². The van der Waals surface area contributed by atoms with Crippen LogP contribution in [0.25, 0.3) is 31.0 Å². The van der Waals surface area contributed by atoms with Gasteiger partial charge in [0, 0.05) is 62.9 Å². The van der Waals surface area contributed by atoms with Crippen LogP contribution in [-0.2, 0) is 4.74 Å². The van der Waals surface area contributed by atoms with Crippen molar-refractivity contribution >= 4 is 52.2 Å². The van der Waals surface area contributed by atoms with E-state index in [1.165, 1.54) is 48.5 Å². The summed E-state index contributed by atoms with van der Waals surface area (Å²) >= 11 is 3.30. The summed E-state index contributed by atoms with van der Waals surface area (Å²) in [6.45, 7) is 2.21. The monoisotopic (exact) mass is 582 g/mol. The Balaban J connectivity index is 0.000000479. The van der Waals surface area contributed by atoms with E-state index >= 15 is 0 Å². The number of ether oxygens (including phenoxy) is 1. The van der Waals surface area contributed by atoms with Crippen molar-refractivity contribution in [2.45, 2.75) is 6.92 Å². The van der Waals surface area contributed by atoms with Gasteiger partial charge in [0.05, 0.1) is 6.61 Å². The zero-order valence-electron chi connectivity index (χ0n) is 20.6. The molecule has 1 aromatic heterocycles. The first kappa shape index (κ1) is 28.9. The number of thiophene rings is 1. The third-order valence-corrected chi connectivity index (χ3v) is 7.25. The molecule has 2 aliphatic rings. The van der Waals surface area contributed by atoms with Gasteiger partial charge >= 0.3 is 39.0 Å². The third-order valence-electron chi connectivity index (χ3n) is 5.05. The molecule has 1 aliphatic heterocycles. The fourth-order valence-corrected chi connectivity index (χ4v) is 5.60. The van der Waals surface area contributed by atoms with Gasteiger partial charge in [0.1, 0.15) is 19.0 Å². The second kappa shape index (κ2) is 9.56. The number of esters is 1. The molecular formula is C24H25F6N2O2PS2. The Bertz CT molecular complexity index is 1500. The zero-order chi connectivity index (χ0) is 27.8. The van der Waals surface area contributed by atoms with Crippen molar-refractivity contribution in [3.8, 4) is 20.9 Å². The summed E-state index contributed by atoms with van der Waals surface area (Å²) in [6, 6.07) is 17.1. The van der Waals surface area contributed by atoms with Crippen molar-refractivity contribution in [3.05, 3.63) is 58.8 Å². The number of carbonyl (C=O) groups is 1. The summed E-state index contributed by atoms with van der Waals surface area (Å²) in [4.78, 5) is 17.3. The summed E-state index contributed by atoms with van der Waals surface area (Å²) < 4.78 is 67.7. The maximum absolute atomic E-state index is 12.2. The molecule has 0 fully saturated rings. The summed E-state index contributed by atoms with van der Waals surface area (Å²) in [7, 11) is -2.42. The predicted octanol–water partition coefficient (Wildman–Crippen LogP) is 8.39. The van der Waals surface area contributed by atoms with Crippen molar-refractivity contribution in [1.82, 2.24) is 4.58 Å². The molecule has 4 rings (SSSR count). The number of hydrogen-bond acceptors (Lipinski definition) is 5. The van der Waals surface area contributed by atoms with Gasteiger partial charge < -0.3 is 9.64 Å². The van der Waals surface area contributed by atoms with E-state index in [0.717, 1.165) is 4.88 Å². The van der Waals surface area contributed by atoms with E-state index in [-0.39, 0.29) is 5.97 Å². The molecule has 0 saturated heterocycles. The molecule has 0 atom stereocenters. The molecule has 13 heteroatoms. The average Bonchev–Trinajstić information content (AvgIpc) is 3.24. The van der Waals surface area contributed by atoms with Crippen LogP contribution in [0.1, 0.15) is 16.6 Å². The van der Waals surface area contributed by atoms with Crippen molar-refractivity contribution in [2.24, 2.45) is 0 Å². The molecule has 2 aromatic rings. The number of fused-ring (bicyclic) bond motifs is 2. The summed E-state index contributed by atoms with van der Waals surface area (Å²) in [6.07, 6.45) is 0. The van der Waals surface area contributed by atoms with E-state index in [1.54, 1.807) is 11.3 Å². The molecule has 0 saturated carbocycles. The molecule has 0 unspecified atom stereocenters. The van der Waals surface area contributed by atoms with Crippen molar-refractivity contribution < 1.29 is 34.7 Å². The van der Waals surface area contributed by atoms with E-state index in [1.807, 2.05) is 19.1 Å². The normalized spacial score (nSPS) is 13.4. The number of halogens is 6. The summed E-state index contributed by atoms with van der Waals surface area (Å²) in [5.74, 6) is -0.258. The molecule has 0 spiro atoms. The topological polar surface area (TPSA) is 32.6 Å². The Morgan fingerprint density at radius 3 is 2.14 bits per heavy atom. The van der Waals surface area contributed by atoms with Gasteiger partial charge in [0.15, 0.2) is 0 Å². The number of nitrogens with zero attached hydrogens (tertiary/aromatic N) is 2. The van der Waals surface area contributed by atoms with Gasteiger partial charge in [-0.1, -0.05) is 6.07 Å². The molecule has 2 heterocycles. The maximum atomic E-state index is 12.2. The first-order valence-electron chi connectivity index (χ1n) is 10.9.